The number of fused-ring (bicyclic) bond motifs is 1. The molecule has 1 aromatic heterocycles. The van der Waals surface area contributed by atoms with E-state index in [0.29, 0.717) is 18.5 Å². The zero-order valence-electron chi connectivity index (χ0n) is 13.9. The number of likely N-dealkylation sites (tertiary alicyclic amines) is 1. The second-order valence-corrected chi connectivity index (χ2v) is 7.25. The van der Waals surface area contributed by atoms with Gasteiger partial charge in [0.1, 0.15) is 0 Å². The Morgan fingerprint density at radius 1 is 1.24 bits per heavy atom. The second-order valence-electron chi connectivity index (χ2n) is 7.25. The van der Waals surface area contributed by atoms with Gasteiger partial charge in [-0.05, 0) is 54.2 Å². The van der Waals surface area contributed by atoms with Gasteiger partial charge in [-0.15, -0.1) is 0 Å². The van der Waals surface area contributed by atoms with Crippen LogP contribution in [0.4, 0.5) is 0 Å². The molecular weight excluding hydrogens is 316 g/mol. The van der Waals surface area contributed by atoms with E-state index in [4.69, 9.17) is 5.11 Å². The maximum Gasteiger partial charge on any atom is 0.335 e. The van der Waals surface area contributed by atoms with Gasteiger partial charge in [-0.1, -0.05) is 12.1 Å². The highest BCUT2D eigenvalue weighted by atomic mass is 16.4. The number of carboxylic acid groups (broad SMARTS) is 1. The van der Waals surface area contributed by atoms with E-state index in [2.05, 4.69) is 4.98 Å². The van der Waals surface area contributed by atoms with Gasteiger partial charge in [0, 0.05) is 37.3 Å². The quantitative estimate of drug-likeness (QED) is 0.935. The highest BCUT2D eigenvalue weighted by Crippen LogP contribution is 2.43. The van der Waals surface area contributed by atoms with Crippen molar-refractivity contribution in [2.75, 3.05) is 6.54 Å². The van der Waals surface area contributed by atoms with Crippen molar-refractivity contribution in [1.82, 2.24) is 9.88 Å². The first kappa shape index (κ1) is 15.8. The van der Waals surface area contributed by atoms with Gasteiger partial charge >= 0.3 is 5.97 Å². The first-order valence-electron chi connectivity index (χ1n) is 8.56. The Bertz CT molecular complexity index is 834. The Balaban J connectivity index is 1.52. The third-order valence-corrected chi connectivity index (χ3v) is 5.44. The zero-order chi connectivity index (χ0) is 17.4. The molecule has 1 saturated heterocycles. The van der Waals surface area contributed by atoms with E-state index < -0.39 is 5.97 Å². The molecule has 2 heterocycles. The minimum absolute atomic E-state index is 0.0168. The summed E-state index contributed by atoms with van der Waals surface area (Å²) >= 11 is 0. The zero-order valence-corrected chi connectivity index (χ0v) is 13.9. The first-order chi connectivity index (χ1) is 12.0. The fourth-order valence-corrected chi connectivity index (χ4v) is 4.18. The van der Waals surface area contributed by atoms with Crippen LogP contribution < -0.4 is 0 Å². The molecule has 0 radical (unpaired) electrons. The molecule has 1 aliphatic heterocycles. The van der Waals surface area contributed by atoms with Gasteiger partial charge in [-0.25, -0.2) is 4.79 Å². The molecule has 1 aromatic carbocycles. The van der Waals surface area contributed by atoms with Gasteiger partial charge in [0.05, 0.1) is 5.56 Å². The largest absolute Gasteiger partial charge is 0.478 e. The lowest BCUT2D eigenvalue weighted by molar-refractivity contribution is -0.128. The van der Waals surface area contributed by atoms with Crippen LogP contribution in [-0.2, 0) is 24.2 Å². The molecule has 0 saturated carbocycles. The number of nitrogens with zero attached hydrogens (tertiary/aromatic N) is 2. The lowest BCUT2D eigenvalue weighted by Crippen LogP contribution is -2.33. The molecule has 128 valence electrons. The number of aromatic carboxylic acids is 1. The smallest absolute Gasteiger partial charge is 0.335 e. The number of hydrogen-bond acceptors (Lipinski definition) is 3. The van der Waals surface area contributed by atoms with Crippen LogP contribution in [0.1, 0.15) is 39.9 Å². The number of aryl methyl sites for hydroxylation is 1. The van der Waals surface area contributed by atoms with Crippen LogP contribution in [0.2, 0.25) is 0 Å². The van der Waals surface area contributed by atoms with Gasteiger partial charge < -0.3 is 10.0 Å². The Morgan fingerprint density at radius 2 is 2.12 bits per heavy atom. The number of carboxylic acids is 1. The van der Waals surface area contributed by atoms with Gasteiger partial charge in [0.25, 0.3) is 0 Å². The van der Waals surface area contributed by atoms with Crippen LogP contribution in [-0.4, -0.2) is 33.4 Å². The van der Waals surface area contributed by atoms with Gasteiger partial charge in [-0.3, -0.25) is 9.78 Å². The van der Waals surface area contributed by atoms with Crippen LogP contribution in [0, 0.1) is 5.41 Å². The summed E-state index contributed by atoms with van der Waals surface area (Å²) in [5, 5.41) is 9.14. The lowest BCUT2D eigenvalue weighted by Gasteiger charge is -2.34. The number of carbonyl (C=O) groups excluding carboxylic acids is 1. The molecule has 1 aliphatic carbocycles. The van der Waals surface area contributed by atoms with E-state index >= 15 is 0 Å². The normalized spacial score (nSPS) is 22.2. The predicted octanol–water partition coefficient (Wildman–Crippen LogP) is 2.69. The molecule has 5 heteroatoms. The molecule has 0 unspecified atom stereocenters. The van der Waals surface area contributed by atoms with Crippen LogP contribution in [0.15, 0.2) is 42.7 Å². The van der Waals surface area contributed by atoms with Crippen molar-refractivity contribution >= 4 is 11.9 Å². The average Bonchev–Trinajstić information content (AvgIpc) is 2.90. The molecule has 0 bridgehead atoms. The Hall–Kier alpha value is -2.69. The summed E-state index contributed by atoms with van der Waals surface area (Å²) in [6, 6.07) is 9.27. The van der Waals surface area contributed by atoms with Crippen molar-refractivity contribution in [2.45, 2.75) is 32.2 Å². The number of rotatable bonds is 3. The third-order valence-electron chi connectivity index (χ3n) is 5.44. The summed E-state index contributed by atoms with van der Waals surface area (Å²) in [4.78, 5) is 29.7. The predicted molar refractivity (Wildman–Crippen MR) is 92.1 cm³/mol. The molecule has 1 fully saturated rings. The Labute approximate surface area is 146 Å². The Morgan fingerprint density at radius 3 is 2.88 bits per heavy atom. The average molecular weight is 336 g/mol. The van der Waals surface area contributed by atoms with Crippen molar-refractivity contribution in [2.24, 2.45) is 5.41 Å². The summed E-state index contributed by atoms with van der Waals surface area (Å²) in [6.07, 6.45) is 6.73. The summed E-state index contributed by atoms with van der Waals surface area (Å²) < 4.78 is 0. The van der Waals surface area contributed by atoms with Crippen molar-refractivity contribution in [3.05, 3.63) is 65.0 Å². The standard InChI is InChI=1S/C20H20N2O3/c23-18-10-20(13-22(18)12-14-2-1-7-21-11-14)6-5-15-8-16(19(24)25)3-4-17(15)9-20/h1-4,7-8,11H,5-6,9-10,12-13H2,(H,24,25)/t20-/m1/s1. The minimum atomic E-state index is -0.887. The maximum absolute atomic E-state index is 12.5. The third kappa shape index (κ3) is 3.02. The van der Waals surface area contributed by atoms with Gasteiger partial charge in [0.2, 0.25) is 5.91 Å². The molecule has 2 aliphatic rings. The number of hydrogen-bond donors (Lipinski definition) is 1. The highest BCUT2D eigenvalue weighted by Gasteiger charge is 2.44. The van der Waals surface area contributed by atoms with Crippen molar-refractivity contribution in [3.63, 3.8) is 0 Å². The molecule has 1 amide bonds. The molecule has 1 N–H and O–H groups in total. The monoisotopic (exact) mass is 336 g/mol. The van der Waals surface area contributed by atoms with Crippen molar-refractivity contribution in [1.29, 1.82) is 0 Å². The van der Waals surface area contributed by atoms with E-state index in [9.17, 15) is 9.59 Å². The molecule has 2 aromatic rings. The van der Waals surface area contributed by atoms with Crippen LogP contribution in [0.25, 0.3) is 0 Å². The van der Waals surface area contributed by atoms with Gasteiger partial charge in [-0.2, -0.15) is 0 Å². The van der Waals surface area contributed by atoms with Crippen molar-refractivity contribution in [3.8, 4) is 0 Å². The SMILES string of the molecule is O=C(O)c1ccc2c(c1)CC[C@]1(CC(=O)N(Cc3cccnc3)C1)C2. The van der Waals surface area contributed by atoms with Crippen LogP contribution in [0.5, 0.6) is 0 Å². The van der Waals surface area contributed by atoms with Crippen LogP contribution >= 0.6 is 0 Å². The summed E-state index contributed by atoms with van der Waals surface area (Å²) in [7, 11) is 0. The van der Waals surface area contributed by atoms with E-state index in [1.54, 1.807) is 18.3 Å². The Kier molecular flexibility index (Phi) is 3.79. The van der Waals surface area contributed by atoms with Gasteiger partial charge in [0.15, 0.2) is 0 Å². The molecule has 25 heavy (non-hydrogen) atoms. The lowest BCUT2D eigenvalue weighted by atomic mass is 9.71. The van der Waals surface area contributed by atoms with E-state index in [1.165, 1.54) is 5.56 Å². The van der Waals surface area contributed by atoms with E-state index in [0.717, 1.165) is 36.9 Å². The topological polar surface area (TPSA) is 70.5 Å². The summed E-state index contributed by atoms with van der Waals surface area (Å²) in [6.45, 7) is 1.38. The number of carbonyl (C=O) groups is 2. The fourth-order valence-electron chi connectivity index (χ4n) is 4.18. The highest BCUT2D eigenvalue weighted by molar-refractivity contribution is 5.88. The molecular formula is C20H20N2O3. The summed E-state index contributed by atoms with van der Waals surface area (Å²) in [5.74, 6) is -0.684. The van der Waals surface area contributed by atoms with Crippen molar-refractivity contribution < 1.29 is 14.7 Å². The number of amides is 1. The summed E-state index contributed by atoms with van der Waals surface area (Å²) in [5.41, 5.74) is 3.68. The van der Waals surface area contributed by atoms with Crippen LogP contribution in [0.3, 0.4) is 0 Å². The van der Waals surface area contributed by atoms with E-state index in [1.807, 2.05) is 29.3 Å². The maximum atomic E-state index is 12.5. The molecule has 1 spiro atoms. The molecule has 5 nitrogen and oxygen atoms in total. The second kappa shape index (κ2) is 5.99. The first-order valence-corrected chi connectivity index (χ1v) is 8.56. The minimum Gasteiger partial charge on any atom is -0.478 e. The number of pyridine rings is 1. The fraction of sp³-hybridized carbons (Fsp3) is 0.350. The van der Waals surface area contributed by atoms with E-state index in [-0.39, 0.29) is 11.3 Å². The molecule has 4 rings (SSSR count). The molecule has 1 atom stereocenters. The number of benzene rings is 1. The number of aromatic nitrogens is 1.